The predicted molar refractivity (Wildman–Crippen MR) is 82.5 cm³/mol. The Balaban J connectivity index is 1.99. The third-order valence-electron chi connectivity index (χ3n) is 3.57. The molecule has 21 heavy (non-hydrogen) atoms. The van der Waals surface area contributed by atoms with Crippen LogP contribution in [0.15, 0.2) is 41.3 Å². The third-order valence-corrected chi connectivity index (χ3v) is 3.57. The summed E-state index contributed by atoms with van der Waals surface area (Å²) in [6.07, 6.45) is 2.49. The minimum absolute atomic E-state index is 0.0662. The Morgan fingerprint density at radius 1 is 1.24 bits per heavy atom. The van der Waals surface area contributed by atoms with Crippen LogP contribution in [0.2, 0.25) is 0 Å². The number of rotatable bonds is 4. The largest absolute Gasteiger partial charge is 0.357 e. The summed E-state index contributed by atoms with van der Waals surface area (Å²) >= 11 is 0. The second kappa shape index (κ2) is 5.40. The molecule has 3 aromatic rings. The average molecular weight is 283 g/mol. The topological polar surface area (TPSA) is 64.7 Å². The summed E-state index contributed by atoms with van der Waals surface area (Å²) in [5.74, 6) is 0.512. The number of benzene rings is 1. The average Bonchev–Trinajstić information content (AvgIpc) is 2.77. The fraction of sp³-hybridized carbons (Fsp3) is 0.267. The number of imidazole rings is 1. The first-order chi connectivity index (χ1) is 10.2. The van der Waals surface area contributed by atoms with Gasteiger partial charge in [-0.15, -0.1) is 0 Å². The molecule has 2 aromatic heterocycles. The van der Waals surface area contributed by atoms with Gasteiger partial charge in [0.1, 0.15) is 5.52 Å². The molecule has 6 nitrogen and oxygen atoms in total. The molecular weight excluding hydrogens is 266 g/mol. The molecule has 0 saturated carbocycles. The van der Waals surface area contributed by atoms with Crippen molar-refractivity contribution in [2.45, 2.75) is 13.0 Å². The molecule has 2 heterocycles. The maximum atomic E-state index is 12.3. The molecule has 0 amide bonds. The van der Waals surface area contributed by atoms with Gasteiger partial charge >= 0.3 is 5.69 Å². The number of nitrogens with zero attached hydrogens (tertiary/aromatic N) is 4. The third kappa shape index (κ3) is 2.40. The summed E-state index contributed by atoms with van der Waals surface area (Å²) in [4.78, 5) is 20.9. The van der Waals surface area contributed by atoms with Crippen LogP contribution in [0.4, 0.5) is 5.95 Å². The van der Waals surface area contributed by atoms with Gasteiger partial charge in [0.15, 0.2) is 5.65 Å². The molecule has 3 rings (SSSR count). The van der Waals surface area contributed by atoms with Crippen molar-refractivity contribution in [1.29, 1.82) is 0 Å². The highest BCUT2D eigenvalue weighted by Gasteiger charge is 2.12. The van der Waals surface area contributed by atoms with Crippen molar-refractivity contribution in [3.8, 4) is 0 Å². The number of nitrogens with one attached hydrogen (secondary N) is 1. The van der Waals surface area contributed by atoms with Crippen molar-refractivity contribution < 1.29 is 0 Å². The molecule has 0 unspecified atom stereocenters. The number of hydrogen-bond acceptors (Lipinski definition) is 4. The molecule has 6 heteroatoms. The molecule has 0 radical (unpaired) electrons. The van der Waals surface area contributed by atoms with E-state index < -0.39 is 0 Å². The van der Waals surface area contributed by atoms with Crippen LogP contribution in [-0.4, -0.2) is 26.1 Å². The van der Waals surface area contributed by atoms with Crippen molar-refractivity contribution in [3.05, 3.63) is 52.6 Å². The number of aromatic nitrogens is 4. The first-order valence-corrected chi connectivity index (χ1v) is 6.84. The van der Waals surface area contributed by atoms with Crippen molar-refractivity contribution >= 4 is 17.1 Å². The van der Waals surface area contributed by atoms with Gasteiger partial charge in [-0.05, 0) is 12.0 Å². The predicted octanol–water partition coefficient (Wildman–Crippen LogP) is 1.41. The first-order valence-electron chi connectivity index (χ1n) is 6.84. The van der Waals surface area contributed by atoms with E-state index in [1.807, 2.05) is 18.2 Å². The van der Waals surface area contributed by atoms with Crippen LogP contribution in [-0.2, 0) is 20.0 Å². The lowest BCUT2D eigenvalue weighted by atomic mass is 10.1. The Morgan fingerprint density at radius 2 is 2.00 bits per heavy atom. The van der Waals surface area contributed by atoms with Gasteiger partial charge in [-0.3, -0.25) is 9.13 Å². The first kappa shape index (κ1) is 13.4. The second-order valence-electron chi connectivity index (χ2n) is 4.88. The molecule has 0 spiro atoms. The highest BCUT2D eigenvalue weighted by atomic mass is 16.1. The Bertz CT molecular complexity index is 819. The molecule has 0 atom stereocenters. The van der Waals surface area contributed by atoms with E-state index in [1.165, 1.54) is 5.56 Å². The van der Waals surface area contributed by atoms with Crippen molar-refractivity contribution in [3.63, 3.8) is 0 Å². The van der Waals surface area contributed by atoms with Crippen LogP contribution in [0.1, 0.15) is 5.56 Å². The van der Waals surface area contributed by atoms with E-state index >= 15 is 0 Å². The molecule has 0 aliphatic heterocycles. The monoisotopic (exact) mass is 283 g/mol. The maximum absolute atomic E-state index is 12.3. The normalized spacial score (nSPS) is 11.0. The van der Waals surface area contributed by atoms with Gasteiger partial charge in [-0.1, -0.05) is 30.3 Å². The quantitative estimate of drug-likeness (QED) is 0.786. The van der Waals surface area contributed by atoms with Gasteiger partial charge < -0.3 is 5.32 Å². The summed E-state index contributed by atoms with van der Waals surface area (Å²) in [7, 11) is 3.49. The Morgan fingerprint density at radius 3 is 2.71 bits per heavy atom. The van der Waals surface area contributed by atoms with E-state index in [0.717, 1.165) is 11.9 Å². The molecule has 0 fully saturated rings. The molecule has 0 aliphatic rings. The summed E-state index contributed by atoms with van der Waals surface area (Å²) in [5.41, 5.74) is 2.54. The second-order valence-corrected chi connectivity index (χ2v) is 4.88. The summed E-state index contributed by atoms with van der Waals surface area (Å²) in [6.45, 7) is 0.614. The van der Waals surface area contributed by atoms with E-state index in [9.17, 15) is 4.79 Å². The minimum Gasteiger partial charge on any atom is -0.357 e. The summed E-state index contributed by atoms with van der Waals surface area (Å²) in [5, 5.41) is 2.89. The summed E-state index contributed by atoms with van der Waals surface area (Å²) in [6, 6.07) is 10.1. The van der Waals surface area contributed by atoms with Gasteiger partial charge in [0.05, 0.1) is 6.20 Å². The highest BCUT2D eigenvalue weighted by molar-refractivity contribution is 5.71. The fourth-order valence-corrected chi connectivity index (χ4v) is 2.40. The zero-order chi connectivity index (χ0) is 14.8. The molecule has 108 valence electrons. The molecule has 1 aromatic carbocycles. The van der Waals surface area contributed by atoms with Gasteiger partial charge in [0, 0.05) is 20.6 Å². The zero-order valence-electron chi connectivity index (χ0n) is 12.1. The van der Waals surface area contributed by atoms with Crippen molar-refractivity contribution in [1.82, 2.24) is 19.1 Å². The van der Waals surface area contributed by atoms with E-state index in [1.54, 1.807) is 29.4 Å². The number of anilines is 1. The number of fused-ring (bicyclic) bond motifs is 1. The SMILES string of the molecule is CNc1ncc2c(n1)n(C)c(=O)n2CCc1ccccc1. The fourth-order valence-electron chi connectivity index (χ4n) is 2.40. The van der Waals surface area contributed by atoms with Crippen LogP contribution in [0.5, 0.6) is 0 Å². The lowest BCUT2D eigenvalue weighted by molar-refractivity contribution is 0.665. The van der Waals surface area contributed by atoms with Gasteiger partial charge in [0.25, 0.3) is 0 Å². The summed E-state index contributed by atoms with van der Waals surface area (Å²) < 4.78 is 3.28. The lowest BCUT2D eigenvalue weighted by Gasteiger charge is -2.03. The molecule has 0 aliphatic carbocycles. The zero-order valence-corrected chi connectivity index (χ0v) is 12.1. The van der Waals surface area contributed by atoms with E-state index in [2.05, 4.69) is 27.4 Å². The van der Waals surface area contributed by atoms with Crippen LogP contribution < -0.4 is 11.0 Å². The van der Waals surface area contributed by atoms with Crippen LogP contribution in [0, 0.1) is 0 Å². The van der Waals surface area contributed by atoms with Crippen LogP contribution >= 0.6 is 0 Å². The minimum atomic E-state index is -0.0662. The van der Waals surface area contributed by atoms with Crippen LogP contribution in [0.25, 0.3) is 11.2 Å². The number of hydrogen-bond donors (Lipinski definition) is 1. The molecular formula is C15H17N5O. The standard InChI is InChI=1S/C15H17N5O/c1-16-14-17-10-12-13(18-14)19(2)15(21)20(12)9-8-11-6-4-3-5-7-11/h3-7,10H,8-9H2,1-2H3,(H,16,17,18). The van der Waals surface area contributed by atoms with Gasteiger partial charge in [0.2, 0.25) is 5.95 Å². The molecule has 0 saturated heterocycles. The number of aryl methyl sites for hydroxylation is 3. The Labute approximate surface area is 122 Å². The Hall–Kier alpha value is -2.63. The Kier molecular flexibility index (Phi) is 3.43. The van der Waals surface area contributed by atoms with Gasteiger partial charge in [-0.2, -0.15) is 4.98 Å². The lowest BCUT2D eigenvalue weighted by Crippen LogP contribution is -2.23. The highest BCUT2D eigenvalue weighted by Crippen LogP contribution is 2.12. The molecule has 1 N–H and O–H groups in total. The van der Waals surface area contributed by atoms with Crippen molar-refractivity contribution in [2.24, 2.45) is 7.05 Å². The van der Waals surface area contributed by atoms with Crippen molar-refractivity contribution in [2.75, 3.05) is 12.4 Å². The van der Waals surface area contributed by atoms with E-state index in [0.29, 0.717) is 18.1 Å². The van der Waals surface area contributed by atoms with E-state index in [-0.39, 0.29) is 5.69 Å². The van der Waals surface area contributed by atoms with Crippen LogP contribution in [0.3, 0.4) is 0 Å². The molecule has 0 bridgehead atoms. The smallest absolute Gasteiger partial charge is 0.330 e. The van der Waals surface area contributed by atoms with E-state index in [4.69, 9.17) is 0 Å². The van der Waals surface area contributed by atoms with Gasteiger partial charge in [-0.25, -0.2) is 9.78 Å². The maximum Gasteiger partial charge on any atom is 0.330 e.